The highest BCUT2D eigenvalue weighted by Crippen LogP contribution is 2.39. The predicted octanol–water partition coefficient (Wildman–Crippen LogP) is 3.10. The Hall–Kier alpha value is -2.19. The number of aryl methyl sites for hydroxylation is 1. The zero-order chi connectivity index (χ0) is 19.4. The molecule has 0 aliphatic carbocycles. The van der Waals surface area contributed by atoms with Crippen LogP contribution < -0.4 is 14.8 Å². The molecule has 0 bridgehead atoms. The third kappa shape index (κ3) is 4.39. The second-order valence-corrected chi connectivity index (χ2v) is 7.42. The molecule has 3 rings (SSSR count). The summed E-state index contributed by atoms with van der Waals surface area (Å²) in [5.41, 5.74) is 0.813. The predicted molar refractivity (Wildman–Crippen MR) is 103 cm³/mol. The Morgan fingerprint density at radius 1 is 1.30 bits per heavy atom. The highest BCUT2D eigenvalue weighted by Gasteiger charge is 2.22. The lowest BCUT2D eigenvalue weighted by atomic mass is 10.2. The molecular weight excluding hydrogens is 369 g/mol. The third-order valence-corrected chi connectivity index (χ3v) is 5.79. The molecule has 2 aromatic rings. The number of nitrogens with zero attached hydrogens (tertiary/aromatic N) is 2. The largest absolute Gasteiger partial charge is 0.497 e. The number of thiazole rings is 1. The summed E-state index contributed by atoms with van der Waals surface area (Å²) in [5.74, 6) is 0.00660. The van der Waals surface area contributed by atoms with E-state index in [9.17, 15) is 9.18 Å². The number of ether oxygens (including phenoxy) is 2. The van der Waals surface area contributed by atoms with E-state index in [1.807, 2.05) is 0 Å². The standard InChI is InChI=1S/C19H24FN3O3S/c1-12-17(18(24)21-6-9-23-7-4-5-8-23)27-19(22-12)16-14(20)10-13(25-2)11-15(16)26-3/h10-11H,4-9H2,1-3H3,(H,21,24). The zero-order valence-corrected chi connectivity index (χ0v) is 16.6. The zero-order valence-electron chi connectivity index (χ0n) is 15.8. The lowest BCUT2D eigenvalue weighted by Gasteiger charge is -2.14. The van der Waals surface area contributed by atoms with Gasteiger partial charge in [-0.25, -0.2) is 9.37 Å². The topological polar surface area (TPSA) is 63.7 Å². The van der Waals surface area contributed by atoms with Gasteiger partial charge in [-0.1, -0.05) is 0 Å². The van der Waals surface area contributed by atoms with Crippen LogP contribution in [0.4, 0.5) is 4.39 Å². The van der Waals surface area contributed by atoms with Crippen molar-refractivity contribution in [3.63, 3.8) is 0 Å². The summed E-state index contributed by atoms with van der Waals surface area (Å²) >= 11 is 1.16. The Labute approximate surface area is 162 Å². The van der Waals surface area contributed by atoms with Gasteiger partial charge in [0.2, 0.25) is 0 Å². The van der Waals surface area contributed by atoms with E-state index >= 15 is 0 Å². The molecule has 0 atom stereocenters. The highest BCUT2D eigenvalue weighted by atomic mass is 32.1. The fourth-order valence-electron chi connectivity index (χ4n) is 3.17. The molecule has 6 nitrogen and oxygen atoms in total. The molecule has 0 saturated carbocycles. The van der Waals surface area contributed by atoms with Crippen molar-refractivity contribution in [2.24, 2.45) is 0 Å². The van der Waals surface area contributed by atoms with E-state index in [-0.39, 0.29) is 11.5 Å². The van der Waals surface area contributed by atoms with Crippen molar-refractivity contribution < 1.29 is 18.7 Å². The van der Waals surface area contributed by atoms with Gasteiger partial charge in [0.15, 0.2) is 0 Å². The van der Waals surface area contributed by atoms with Crippen LogP contribution >= 0.6 is 11.3 Å². The molecule has 1 amide bonds. The summed E-state index contributed by atoms with van der Waals surface area (Å²) in [7, 11) is 2.93. The lowest BCUT2D eigenvalue weighted by Crippen LogP contribution is -2.33. The van der Waals surface area contributed by atoms with E-state index in [1.54, 1.807) is 13.0 Å². The van der Waals surface area contributed by atoms with Crippen LogP contribution in [0.25, 0.3) is 10.6 Å². The number of likely N-dealkylation sites (tertiary alicyclic amines) is 1. The first-order valence-corrected chi connectivity index (χ1v) is 9.75. The van der Waals surface area contributed by atoms with E-state index in [1.165, 1.54) is 33.1 Å². The van der Waals surface area contributed by atoms with Crippen molar-refractivity contribution in [1.82, 2.24) is 15.2 Å². The van der Waals surface area contributed by atoms with Crippen molar-refractivity contribution in [2.75, 3.05) is 40.4 Å². The molecule has 1 aromatic carbocycles. The van der Waals surface area contributed by atoms with Crippen molar-refractivity contribution in [2.45, 2.75) is 19.8 Å². The number of nitrogens with one attached hydrogen (secondary N) is 1. The molecule has 2 heterocycles. The Morgan fingerprint density at radius 3 is 2.70 bits per heavy atom. The van der Waals surface area contributed by atoms with Crippen molar-refractivity contribution in [1.29, 1.82) is 0 Å². The fraction of sp³-hybridized carbons (Fsp3) is 0.474. The number of amides is 1. The monoisotopic (exact) mass is 393 g/mol. The molecule has 1 aromatic heterocycles. The molecule has 8 heteroatoms. The Morgan fingerprint density at radius 2 is 2.04 bits per heavy atom. The number of carbonyl (C=O) groups excluding carboxylic acids is 1. The summed E-state index contributed by atoms with van der Waals surface area (Å²) in [5, 5.41) is 3.35. The number of hydrogen-bond acceptors (Lipinski definition) is 6. The van der Waals surface area contributed by atoms with Crippen molar-refractivity contribution >= 4 is 17.2 Å². The van der Waals surface area contributed by atoms with E-state index in [0.29, 0.717) is 33.6 Å². The minimum atomic E-state index is -0.499. The van der Waals surface area contributed by atoms with Crippen LogP contribution in [0.1, 0.15) is 28.2 Å². The maximum atomic E-state index is 14.6. The molecule has 1 N–H and O–H groups in total. The second-order valence-electron chi connectivity index (χ2n) is 6.42. The maximum Gasteiger partial charge on any atom is 0.263 e. The van der Waals surface area contributed by atoms with Gasteiger partial charge in [-0.2, -0.15) is 0 Å². The molecule has 1 fully saturated rings. The third-order valence-electron chi connectivity index (χ3n) is 4.61. The van der Waals surface area contributed by atoms with Crippen LogP contribution in [0.3, 0.4) is 0 Å². The summed E-state index contributed by atoms with van der Waals surface area (Å²) in [4.78, 5) is 19.7. The molecule has 0 radical (unpaired) electrons. The molecule has 1 saturated heterocycles. The first-order chi connectivity index (χ1) is 13.0. The molecular formula is C19H24FN3O3S. The molecule has 146 valence electrons. The minimum absolute atomic E-state index is 0.177. The lowest BCUT2D eigenvalue weighted by molar-refractivity contribution is 0.0953. The number of halogens is 1. The molecule has 27 heavy (non-hydrogen) atoms. The number of carbonyl (C=O) groups is 1. The van der Waals surface area contributed by atoms with Crippen molar-refractivity contribution in [3.8, 4) is 22.1 Å². The van der Waals surface area contributed by atoms with Gasteiger partial charge >= 0.3 is 0 Å². The van der Waals surface area contributed by atoms with Crippen molar-refractivity contribution in [3.05, 3.63) is 28.5 Å². The molecule has 1 aliphatic rings. The van der Waals surface area contributed by atoms with Gasteiger partial charge in [0.25, 0.3) is 5.91 Å². The summed E-state index contributed by atoms with van der Waals surface area (Å²) < 4.78 is 25.0. The maximum absolute atomic E-state index is 14.6. The summed E-state index contributed by atoms with van der Waals surface area (Å²) in [6.45, 7) is 5.37. The number of aromatic nitrogens is 1. The first kappa shape index (κ1) is 19.6. The SMILES string of the molecule is COc1cc(F)c(-c2nc(C)c(C(=O)NCCN3CCCC3)s2)c(OC)c1. The summed E-state index contributed by atoms with van der Waals surface area (Å²) in [6, 6.07) is 2.88. The van der Waals surface area contributed by atoms with Crippen LogP contribution in [-0.2, 0) is 0 Å². The van der Waals surface area contributed by atoms with Gasteiger partial charge in [-0.05, 0) is 32.9 Å². The normalized spacial score (nSPS) is 14.4. The van der Waals surface area contributed by atoms with E-state index in [0.717, 1.165) is 31.0 Å². The van der Waals surface area contributed by atoms with Gasteiger partial charge in [-0.15, -0.1) is 11.3 Å². The number of hydrogen-bond donors (Lipinski definition) is 1. The van der Waals surface area contributed by atoms with Gasteiger partial charge in [-0.3, -0.25) is 4.79 Å². The van der Waals surface area contributed by atoms with Gasteiger partial charge in [0.1, 0.15) is 27.2 Å². The Balaban J connectivity index is 1.77. The number of methoxy groups -OCH3 is 2. The van der Waals surface area contributed by atoms with Gasteiger partial charge < -0.3 is 19.7 Å². The average Bonchev–Trinajstić information content (AvgIpc) is 3.30. The highest BCUT2D eigenvalue weighted by molar-refractivity contribution is 7.17. The van der Waals surface area contributed by atoms with E-state index < -0.39 is 5.82 Å². The fourth-order valence-corrected chi connectivity index (χ4v) is 4.21. The Bertz CT molecular complexity index is 819. The van der Waals surface area contributed by atoms with Crippen LogP contribution in [0.5, 0.6) is 11.5 Å². The smallest absolute Gasteiger partial charge is 0.263 e. The number of rotatable bonds is 7. The van der Waals surface area contributed by atoms with Gasteiger partial charge in [0.05, 0.1) is 25.5 Å². The minimum Gasteiger partial charge on any atom is -0.497 e. The van der Waals surface area contributed by atoms with Gasteiger partial charge in [0, 0.05) is 25.2 Å². The average molecular weight is 393 g/mol. The second kappa shape index (κ2) is 8.67. The van der Waals surface area contributed by atoms with E-state index in [2.05, 4.69) is 15.2 Å². The van der Waals surface area contributed by atoms with E-state index in [4.69, 9.17) is 9.47 Å². The quantitative estimate of drug-likeness (QED) is 0.783. The Kier molecular flexibility index (Phi) is 6.28. The summed E-state index contributed by atoms with van der Waals surface area (Å²) in [6.07, 6.45) is 2.45. The molecule has 1 aliphatic heterocycles. The van der Waals surface area contributed by atoms with Crippen LogP contribution in [0.2, 0.25) is 0 Å². The van der Waals surface area contributed by atoms with Crippen LogP contribution in [-0.4, -0.2) is 56.2 Å². The molecule has 0 spiro atoms. The molecule has 0 unspecified atom stereocenters. The van der Waals surface area contributed by atoms with Crippen LogP contribution in [0, 0.1) is 12.7 Å². The number of benzene rings is 1. The first-order valence-electron chi connectivity index (χ1n) is 8.93. The van der Waals surface area contributed by atoms with Crippen LogP contribution in [0.15, 0.2) is 12.1 Å².